The van der Waals surface area contributed by atoms with E-state index in [4.69, 9.17) is 19.3 Å². The van der Waals surface area contributed by atoms with Crippen molar-refractivity contribution in [1.82, 2.24) is 9.62 Å². The van der Waals surface area contributed by atoms with Crippen LogP contribution in [-0.2, 0) is 23.0 Å². The first kappa shape index (κ1) is 17.3. The molecule has 134 valence electrons. The van der Waals surface area contributed by atoms with Crippen LogP contribution in [0.5, 0.6) is 17.2 Å². The summed E-state index contributed by atoms with van der Waals surface area (Å²) in [6.07, 6.45) is 0.926. The van der Waals surface area contributed by atoms with Crippen LogP contribution in [0.2, 0.25) is 0 Å². The second-order valence-corrected chi connectivity index (χ2v) is 7.55. The highest BCUT2D eigenvalue weighted by molar-refractivity contribution is 7.89. The van der Waals surface area contributed by atoms with Crippen LogP contribution in [-0.4, -0.2) is 59.1 Å². The van der Waals surface area contributed by atoms with Crippen LogP contribution in [0.15, 0.2) is 4.90 Å². The molecule has 0 fully saturated rings. The fourth-order valence-corrected chi connectivity index (χ4v) is 4.61. The average molecular weight is 358 g/mol. The first-order valence-electron chi connectivity index (χ1n) is 7.80. The minimum absolute atomic E-state index is 0.0381. The van der Waals surface area contributed by atoms with Crippen molar-refractivity contribution in [1.29, 1.82) is 0 Å². The molecule has 2 aliphatic heterocycles. The molecule has 0 aliphatic carbocycles. The van der Waals surface area contributed by atoms with Crippen molar-refractivity contribution in [3.63, 3.8) is 0 Å². The van der Waals surface area contributed by atoms with Gasteiger partial charge in [0.05, 0.1) is 7.11 Å². The van der Waals surface area contributed by atoms with Gasteiger partial charge in [-0.05, 0) is 25.5 Å². The number of methoxy groups -OCH3 is 1. The van der Waals surface area contributed by atoms with Gasteiger partial charge in [0, 0.05) is 31.8 Å². The van der Waals surface area contributed by atoms with E-state index in [0.29, 0.717) is 36.4 Å². The summed E-state index contributed by atoms with van der Waals surface area (Å²) in [5.74, 6) is 1.10. The number of hydrogen-bond acceptors (Lipinski definition) is 7. The van der Waals surface area contributed by atoms with Crippen LogP contribution in [0.4, 0.5) is 0 Å². The number of hydrogen-bond donors (Lipinski definition) is 2. The van der Waals surface area contributed by atoms with E-state index in [1.54, 1.807) is 7.11 Å². The molecule has 0 unspecified atom stereocenters. The predicted molar refractivity (Wildman–Crippen MR) is 86.0 cm³/mol. The van der Waals surface area contributed by atoms with Crippen molar-refractivity contribution >= 4 is 10.0 Å². The van der Waals surface area contributed by atoms with Gasteiger partial charge in [0.25, 0.3) is 0 Å². The van der Waals surface area contributed by atoms with Gasteiger partial charge in [-0.2, -0.15) is 0 Å². The van der Waals surface area contributed by atoms with Gasteiger partial charge in [-0.3, -0.25) is 0 Å². The van der Waals surface area contributed by atoms with Gasteiger partial charge in [-0.1, -0.05) is 0 Å². The van der Waals surface area contributed by atoms with Crippen LogP contribution in [0, 0.1) is 0 Å². The molecule has 0 amide bonds. The van der Waals surface area contributed by atoms with Crippen LogP contribution in [0.1, 0.15) is 17.5 Å². The zero-order valence-electron chi connectivity index (χ0n) is 13.8. The highest BCUT2D eigenvalue weighted by Gasteiger charge is 2.37. The highest BCUT2D eigenvalue weighted by Crippen LogP contribution is 2.51. The van der Waals surface area contributed by atoms with E-state index in [9.17, 15) is 8.42 Å². The van der Waals surface area contributed by atoms with Gasteiger partial charge < -0.3 is 24.2 Å². The lowest BCUT2D eigenvalue weighted by molar-refractivity contribution is 0.169. The molecule has 2 aliphatic rings. The Balaban J connectivity index is 2.16. The van der Waals surface area contributed by atoms with E-state index in [-0.39, 0.29) is 30.6 Å². The molecule has 0 radical (unpaired) electrons. The molecule has 0 atom stereocenters. The molecule has 3 rings (SSSR count). The molecule has 24 heavy (non-hydrogen) atoms. The van der Waals surface area contributed by atoms with E-state index in [1.807, 2.05) is 7.05 Å². The van der Waals surface area contributed by atoms with Crippen LogP contribution < -0.4 is 18.9 Å². The Morgan fingerprint density at radius 3 is 2.75 bits per heavy atom. The number of fused-ring (bicyclic) bond motifs is 2. The molecule has 2 heterocycles. The molecule has 0 bridgehead atoms. The molecule has 0 saturated heterocycles. The van der Waals surface area contributed by atoms with E-state index in [1.165, 1.54) is 0 Å². The Morgan fingerprint density at radius 1 is 1.29 bits per heavy atom. The third-order valence-corrected chi connectivity index (χ3v) is 5.76. The van der Waals surface area contributed by atoms with E-state index >= 15 is 0 Å². The third kappa shape index (κ3) is 2.92. The molecular weight excluding hydrogens is 336 g/mol. The molecule has 2 N–H and O–H groups in total. The Hall–Kier alpha value is -1.55. The van der Waals surface area contributed by atoms with Gasteiger partial charge in [-0.25, -0.2) is 13.1 Å². The smallest absolute Gasteiger partial charge is 0.244 e. The number of aliphatic hydroxyl groups excluding tert-OH is 1. The second kappa shape index (κ2) is 6.75. The summed E-state index contributed by atoms with van der Waals surface area (Å²) < 4.78 is 44.6. The Morgan fingerprint density at radius 2 is 2.04 bits per heavy atom. The van der Waals surface area contributed by atoms with Crippen molar-refractivity contribution in [3.8, 4) is 17.2 Å². The van der Waals surface area contributed by atoms with Crippen molar-refractivity contribution < 1.29 is 27.7 Å². The second-order valence-electron chi connectivity index (χ2n) is 5.85. The molecule has 1 aromatic carbocycles. The van der Waals surface area contributed by atoms with E-state index < -0.39 is 10.0 Å². The molecule has 8 nitrogen and oxygen atoms in total. The number of likely N-dealkylation sites (N-methyl/N-ethyl adjacent to an activating group) is 1. The number of rotatable bonds is 6. The lowest BCUT2D eigenvalue weighted by Gasteiger charge is -2.29. The van der Waals surface area contributed by atoms with Crippen molar-refractivity contribution in [2.45, 2.75) is 24.3 Å². The minimum atomic E-state index is -3.78. The molecule has 0 spiro atoms. The Kier molecular flexibility index (Phi) is 4.86. The van der Waals surface area contributed by atoms with E-state index in [2.05, 4.69) is 9.62 Å². The lowest BCUT2D eigenvalue weighted by atomic mass is 9.97. The summed E-state index contributed by atoms with van der Waals surface area (Å²) in [6.45, 7) is 1.37. The Bertz CT molecular complexity index is 734. The molecule has 0 saturated carbocycles. The highest BCUT2D eigenvalue weighted by atomic mass is 32.2. The van der Waals surface area contributed by atoms with Gasteiger partial charge >= 0.3 is 0 Å². The van der Waals surface area contributed by atoms with E-state index in [0.717, 1.165) is 12.1 Å². The zero-order valence-corrected chi connectivity index (χ0v) is 14.6. The van der Waals surface area contributed by atoms with Gasteiger partial charge in [0.1, 0.15) is 4.90 Å². The summed E-state index contributed by atoms with van der Waals surface area (Å²) in [5, 5.41) is 8.88. The lowest BCUT2D eigenvalue weighted by Crippen LogP contribution is -2.31. The molecular formula is C15H22N2O6S. The normalized spacial score (nSPS) is 17.0. The maximum absolute atomic E-state index is 12.8. The minimum Gasteiger partial charge on any atom is -0.492 e. The maximum Gasteiger partial charge on any atom is 0.244 e. The molecule has 0 aromatic heterocycles. The van der Waals surface area contributed by atoms with Crippen LogP contribution in [0.3, 0.4) is 0 Å². The van der Waals surface area contributed by atoms with Crippen molar-refractivity contribution in [2.75, 3.05) is 40.6 Å². The topological polar surface area (TPSA) is 97.3 Å². The predicted octanol–water partition coefficient (Wildman–Crippen LogP) is 0.0725. The van der Waals surface area contributed by atoms with Crippen molar-refractivity contribution in [2.24, 2.45) is 0 Å². The fourth-order valence-electron chi connectivity index (χ4n) is 3.11. The first-order chi connectivity index (χ1) is 11.5. The molecule has 9 heteroatoms. The summed E-state index contributed by atoms with van der Waals surface area (Å²) in [5.41, 5.74) is 1.53. The first-order valence-corrected chi connectivity index (χ1v) is 9.28. The number of sulfonamides is 1. The molecule has 1 aromatic rings. The standard InChI is InChI=1S/C15H22N2O6S/c1-17-6-4-10-11(8-17)12(21-2)13-14(23-9-22-13)15(10)24(19,20)16-5-3-7-18/h16,18H,3-9H2,1-2H3. The number of benzene rings is 1. The fraction of sp³-hybridized carbons (Fsp3) is 0.600. The van der Waals surface area contributed by atoms with Gasteiger partial charge in [-0.15, -0.1) is 0 Å². The maximum atomic E-state index is 12.8. The number of nitrogens with one attached hydrogen (secondary N) is 1. The number of nitrogens with zero attached hydrogens (tertiary/aromatic N) is 1. The van der Waals surface area contributed by atoms with Gasteiger partial charge in [0.2, 0.25) is 22.6 Å². The van der Waals surface area contributed by atoms with Crippen LogP contribution in [0.25, 0.3) is 0 Å². The number of aliphatic hydroxyl groups is 1. The zero-order chi connectivity index (χ0) is 17.3. The monoisotopic (exact) mass is 358 g/mol. The summed E-state index contributed by atoms with van der Waals surface area (Å²) in [6, 6.07) is 0. The summed E-state index contributed by atoms with van der Waals surface area (Å²) >= 11 is 0. The number of ether oxygens (including phenoxy) is 3. The quantitative estimate of drug-likeness (QED) is 0.695. The Labute approximate surface area is 141 Å². The SMILES string of the molecule is COc1c2c(c(S(=O)(=O)NCCCO)c3c1OCO3)CCN(C)C2. The van der Waals surface area contributed by atoms with Crippen LogP contribution >= 0.6 is 0 Å². The summed E-state index contributed by atoms with van der Waals surface area (Å²) in [4.78, 5) is 2.24. The summed E-state index contributed by atoms with van der Waals surface area (Å²) in [7, 11) is -0.268. The largest absolute Gasteiger partial charge is 0.492 e. The van der Waals surface area contributed by atoms with Crippen molar-refractivity contribution in [3.05, 3.63) is 11.1 Å². The average Bonchev–Trinajstić information content (AvgIpc) is 3.01. The third-order valence-electron chi connectivity index (χ3n) is 4.21. The van der Waals surface area contributed by atoms with Gasteiger partial charge in [0.15, 0.2) is 11.5 Å².